The van der Waals surface area contributed by atoms with E-state index in [1.807, 2.05) is 18.2 Å². The van der Waals surface area contributed by atoms with Gasteiger partial charge in [-0.2, -0.15) is 0 Å². The average molecular weight is 261 g/mol. The Morgan fingerprint density at radius 1 is 1.39 bits per heavy atom. The number of rotatable bonds is 3. The van der Waals surface area contributed by atoms with E-state index in [2.05, 4.69) is 29.3 Å². The number of allylic oxidation sites excluding steroid dienone is 1. The molecule has 3 rings (SSSR count). The molecule has 1 fully saturated rings. The van der Waals surface area contributed by atoms with Crippen molar-refractivity contribution in [3.8, 4) is 0 Å². The fourth-order valence-corrected chi connectivity index (χ4v) is 2.64. The highest BCUT2D eigenvalue weighted by molar-refractivity contribution is 6.30. The standard InChI is InChI=1S/C15H17ClN2/c16-13-5-1-3-11(7-13)9-18-6-2-4-12(10-18)14-8-15(14)17/h1-5,7,10,14-15H,6,8-9,17H2/t14-,15+/m0/s1. The lowest BCUT2D eigenvalue weighted by atomic mass is 10.1. The van der Waals surface area contributed by atoms with Crippen LogP contribution < -0.4 is 5.73 Å². The molecule has 1 saturated carbocycles. The molecule has 1 aromatic carbocycles. The lowest BCUT2D eigenvalue weighted by Crippen LogP contribution is -2.20. The van der Waals surface area contributed by atoms with Crippen molar-refractivity contribution >= 4 is 11.6 Å². The summed E-state index contributed by atoms with van der Waals surface area (Å²) in [4.78, 5) is 2.31. The molecule has 0 amide bonds. The van der Waals surface area contributed by atoms with Gasteiger partial charge >= 0.3 is 0 Å². The van der Waals surface area contributed by atoms with Crippen molar-refractivity contribution in [1.29, 1.82) is 0 Å². The maximum atomic E-state index is 6.01. The predicted octanol–water partition coefficient (Wildman–Crippen LogP) is 2.94. The first-order chi connectivity index (χ1) is 8.72. The van der Waals surface area contributed by atoms with Gasteiger partial charge in [-0.25, -0.2) is 0 Å². The van der Waals surface area contributed by atoms with E-state index < -0.39 is 0 Å². The molecule has 18 heavy (non-hydrogen) atoms. The molecule has 2 atom stereocenters. The quantitative estimate of drug-likeness (QED) is 0.906. The Kier molecular flexibility index (Phi) is 3.14. The van der Waals surface area contributed by atoms with Crippen LogP contribution in [0.4, 0.5) is 0 Å². The van der Waals surface area contributed by atoms with Crippen molar-refractivity contribution in [3.63, 3.8) is 0 Å². The molecule has 0 spiro atoms. The number of nitrogens with two attached hydrogens (primary N) is 1. The van der Waals surface area contributed by atoms with Crippen LogP contribution in [0.1, 0.15) is 12.0 Å². The van der Waals surface area contributed by atoms with E-state index in [0.29, 0.717) is 12.0 Å². The van der Waals surface area contributed by atoms with Gasteiger partial charge in [-0.15, -0.1) is 0 Å². The molecule has 2 aliphatic rings. The Balaban J connectivity index is 1.70. The number of nitrogens with zero attached hydrogens (tertiary/aromatic N) is 1. The van der Waals surface area contributed by atoms with E-state index >= 15 is 0 Å². The molecule has 1 aliphatic heterocycles. The first-order valence-electron chi connectivity index (χ1n) is 6.35. The molecule has 3 heteroatoms. The van der Waals surface area contributed by atoms with Crippen LogP contribution in [0.2, 0.25) is 5.02 Å². The van der Waals surface area contributed by atoms with Gasteiger partial charge in [0.2, 0.25) is 0 Å². The fourth-order valence-electron chi connectivity index (χ4n) is 2.43. The van der Waals surface area contributed by atoms with Crippen LogP contribution in [-0.4, -0.2) is 17.5 Å². The van der Waals surface area contributed by atoms with E-state index in [-0.39, 0.29) is 0 Å². The monoisotopic (exact) mass is 260 g/mol. The third-order valence-electron chi connectivity index (χ3n) is 3.52. The van der Waals surface area contributed by atoms with E-state index in [0.717, 1.165) is 24.5 Å². The normalized spacial score (nSPS) is 26.1. The van der Waals surface area contributed by atoms with Gasteiger partial charge in [0.25, 0.3) is 0 Å². The summed E-state index contributed by atoms with van der Waals surface area (Å²) in [6.45, 7) is 1.86. The van der Waals surface area contributed by atoms with Gasteiger partial charge in [0.1, 0.15) is 0 Å². The summed E-state index contributed by atoms with van der Waals surface area (Å²) in [7, 11) is 0. The van der Waals surface area contributed by atoms with Crippen molar-refractivity contribution in [1.82, 2.24) is 4.90 Å². The maximum Gasteiger partial charge on any atom is 0.0428 e. The molecule has 0 radical (unpaired) electrons. The predicted molar refractivity (Wildman–Crippen MR) is 75.2 cm³/mol. The van der Waals surface area contributed by atoms with Gasteiger partial charge < -0.3 is 10.6 Å². The highest BCUT2D eigenvalue weighted by Gasteiger charge is 2.36. The Morgan fingerprint density at radius 2 is 2.22 bits per heavy atom. The minimum atomic E-state index is 0.368. The minimum Gasteiger partial charge on any atom is -0.369 e. The first-order valence-corrected chi connectivity index (χ1v) is 6.72. The molecular formula is C15H17ClN2. The number of halogens is 1. The van der Waals surface area contributed by atoms with E-state index in [1.165, 1.54) is 11.1 Å². The Hall–Kier alpha value is -1.25. The largest absolute Gasteiger partial charge is 0.369 e. The summed E-state index contributed by atoms with van der Waals surface area (Å²) in [5, 5.41) is 0.800. The zero-order valence-corrected chi connectivity index (χ0v) is 11.0. The topological polar surface area (TPSA) is 29.3 Å². The number of hydrogen-bond acceptors (Lipinski definition) is 2. The lowest BCUT2D eigenvalue weighted by molar-refractivity contribution is 0.399. The van der Waals surface area contributed by atoms with Crippen LogP contribution in [0.15, 0.2) is 48.2 Å². The SMILES string of the molecule is N[C@@H]1C[C@H]1C1=CN(Cc2cccc(Cl)c2)CC=C1. The zero-order chi connectivity index (χ0) is 12.5. The van der Waals surface area contributed by atoms with Crippen LogP contribution in [0.5, 0.6) is 0 Å². The summed E-state index contributed by atoms with van der Waals surface area (Å²) in [5.74, 6) is 0.573. The summed E-state index contributed by atoms with van der Waals surface area (Å²) >= 11 is 6.01. The molecule has 0 bridgehead atoms. The zero-order valence-electron chi connectivity index (χ0n) is 10.2. The first kappa shape index (κ1) is 11.8. The molecule has 2 N–H and O–H groups in total. The van der Waals surface area contributed by atoms with Gasteiger partial charge in [0.05, 0.1) is 0 Å². The highest BCUT2D eigenvalue weighted by atomic mass is 35.5. The summed E-state index contributed by atoms with van der Waals surface area (Å²) in [5.41, 5.74) is 8.52. The van der Waals surface area contributed by atoms with Crippen LogP contribution in [0.3, 0.4) is 0 Å². The van der Waals surface area contributed by atoms with Gasteiger partial charge in [0, 0.05) is 36.3 Å². The Morgan fingerprint density at radius 3 is 2.94 bits per heavy atom. The third-order valence-corrected chi connectivity index (χ3v) is 3.76. The van der Waals surface area contributed by atoms with Gasteiger partial charge in [0.15, 0.2) is 0 Å². The van der Waals surface area contributed by atoms with Crippen molar-refractivity contribution < 1.29 is 0 Å². The van der Waals surface area contributed by atoms with E-state index in [9.17, 15) is 0 Å². The van der Waals surface area contributed by atoms with Gasteiger partial charge in [-0.3, -0.25) is 0 Å². The second-order valence-corrected chi connectivity index (χ2v) is 5.53. The number of benzene rings is 1. The molecule has 2 nitrogen and oxygen atoms in total. The molecule has 0 aromatic heterocycles. The Bertz CT molecular complexity index is 507. The fraction of sp³-hybridized carbons (Fsp3) is 0.333. The molecule has 1 aliphatic carbocycles. The highest BCUT2D eigenvalue weighted by Crippen LogP contribution is 2.37. The number of hydrogen-bond donors (Lipinski definition) is 1. The maximum absolute atomic E-state index is 6.01. The summed E-state index contributed by atoms with van der Waals surface area (Å²) in [6, 6.07) is 8.41. The second kappa shape index (κ2) is 4.79. The van der Waals surface area contributed by atoms with Crippen LogP contribution in [0.25, 0.3) is 0 Å². The molecule has 0 saturated heterocycles. The van der Waals surface area contributed by atoms with Crippen molar-refractivity contribution in [3.05, 3.63) is 58.8 Å². The molecular weight excluding hydrogens is 244 g/mol. The molecule has 0 unspecified atom stereocenters. The van der Waals surface area contributed by atoms with Crippen LogP contribution in [0, 0.1) is 5.92 Å². The average Bonchev–Trinajstić information content (AvgIpc) is 3.07. The van der Waals surface area contributed by atoms with Gasteiger partial charge in [-0.05, 0) is 29.7 Å². The van der Waals surface area contributed by atoms with Crippen molar-refractivity contribution in [2.24, 2.45) is 11.7 Å². The van der Waals surface area contributed by atoms with E-state index in [4.69, 9.17) is 17.3 Å². The van der Waals surface area contributed by atoms with Gasteiger partial charge in [-0.1, -0.05) is 35.9 Å². The minimum absolute atomic E-state index is 0.368. The molecule has 94 valence electrons. The molecule has 1 aromatic rings. The van der Waals surface area contributed by atoms with Crippen LogP contribution in [-0.2, 0) is 6.54 Å². The smallest absolute Gasteiger partial charge is 0.0428 e. The Labute approximate surface area is 113 Å². The summed E-state index contributed by atoms with van der Waals surface area (Å²) in [6.07, 6.45) is 7.80. The lowest BCUT2D eigenvalue weighted by Gasteiger charge is -2.23. The van der Waals surface area contributed by atoms with Crippen molar-refractivity contribution in [2.45, 2.75) is 19.0 Å². The second-order valence-electron chi connectivity index (χ2n) is 5.10. The van der Waals surface area contributed by atoms with Crippen molar-refractivity contribution in [2.75, 3.05) is 6.54 Å². The third kappa shape index (κ3) is 2.60. The molecule has 1 heterocycles. The van der Waals surface area contributed by atoms with Crippen LogP contribution >= 0.6 is 11.6 Å². The summed E-state index contributed by atoms with van der Waals surface area (Å²) < 4.78 is 0. The van der Waals surface area contributed by atoms with E-state index in [1.54, 1.807) is 0 Å².